The van der Waals surface area contributed by atoms with Crippen LogP contribution in [0.15, 0.2) is 36.5 Å². The van der Waals surface area contributed by atoms with Crippen LogP contribution in [0.4, 0.5) is 18.9 Å². The zero-order valence-corrected chi connectivity index (χ0v) is 10.4. The number of benzene rings is 1. The first kappa shape index (κ1) is 14.0. The van der Waals surface area contributed by atoms with Crippen molar-refractivity contribution in [1.82, 2.24) is 4.98 Å². The fourth-order valence-corrected chi connectivity index (χ4v) is 1.51. The van der Waals surface area contributed by atoms with Crippen molar-refractivity contribution in [3.8, 4) is 17.2 Å². The number of aromatic nitrogens is 1. The highest BCUT2D eigenvalue weighted by atomic mass is 19.4. The smallest absolute Gasteiger partial charge is 0.433 e. The number of hydrogen-bond donors (Lipinski definition) is 1. The van der Waals surface area contributed by atoms with Crippen LogP contribution in [0.1, 0.15) is 5.69 Å². The van der Waals surface area contributed by atoms with Crippen LogP contribution in [0.3, 0.4) is 0 Å². The number of para-hydroxylation sites is 2. The molecule has 0 atom stereocenters. The van der Waals surface area contributed by atoms with Gasteiger partial charge in [-0.1, -0.05) is 12.1 Å². The molecule has 0 radical (unpaired) electrons. The van der Waals surface area contributed by atoms with Gasteiger partial charge in [-0.3, -0.25) is 0 Å². The predicted molar refractivity (Wildman–Crippen MR) is 66.7 cm³/mol. The molecule has 0 amide bonds. The topological polar surface area (TPSA) is 57.4 Å². The number of rotatable bonds is 3. The average molecular weight is 284 g/mol. The van der Waals surface area contributed by atoms with E-state index in [0.717, 1.165) is 12.3 Å². The van der Waals surface area contributed by atoms with Gasteiger partial charge in [-0.15, -0.1) is 0 Å². The number of alkyl halides is 3. The van der Waals surface area contributed by atoms with Gasteiger partial charge in [0.2, 0.25) is 0 Å². The van der Waals surface area contributed by atoms with Gasteiger partial charge in [-0.05, 0) is 12.1 Å². The van der Waals surface area contributed by atoms with E-state index in [-0.39, 0.29) is 17.2 Å². The number of ether oxygens (including phenoxy) is 2. The van der Waals surface area contributed by atoms with E-state index in [1.165, 1.54) is 7.11 Å². The van der Waals surface area contributed by atoms with Gasteiger partial charge in [0.1, 0.15) is 5.69 Å². The Labute approximate surface area is 113 Å². The molecule has 0 unspecified atom stereocenters. The normalized spacial score (nSPS) is 11.2. The van der Waals surface area contributed by atoms with Crippen LogP contribution < -0.4 is 15.2 Å². The van der Waals surface area contributed by atoms with Gasteiger partial charge >= 0.3 is 6.18 Å². The number of halogens is 3. The third kappa shape index (κ3) is 2.93. The highest BCUT2D eigenvalue weighted by molar-refractivity contribution is 5.54. The molecule has 2 aromatic rings. The van der Waals surface area contributed by atoms with Crippen LogP contribution in [0.25, 0.3) is 0 Å². The fourth-order valence-electron chi connectivity index (χ4n) is 1.51. The summed E-state index contributed by atoms with van der Waals surface area (Å²) in [5.41, 5.74) is 4.51. The van der Waals surface area contributed by atoms with Crippen LogP contribution in [-0.4, -0.2) is 12.1 Å². The van der Waals surface area contributed by atoms with Gasteiger partial charge in [0.05, 0.1) is 19.0 Å². The molecular formula is C13H11F3N2O2. The lowest BCUT2D eigenvalue weighted by Gasteiger charge is -2.13. The van der Waals surface area contributed by atoms with E-state index < -0.39 is 11.9 Å². The molecule has 0 aliphatic carbocycles. The second kappa shape index (κ2) is 5.28. The Morgan fingerprint density at radius 2 is 1.75 bits per heavy atom. The molecule has 20 heavy (non-hydrogen) atoms. The van der Waals surface area contributed by atoms with Gasteiger partial charge in [0.25, 0.3) is 0 Å². The molecule has 4 nitrogen and oxygen atoms in total. The molecule has 7 heteroatoms. The number of nitrogen functional groups attached to an aromatic ring is 1. The maximum absolute atomic E-state index is 12.6. The van der Waals surface area contributed by atoms with Crippen molar-refractivity contribution in [1.29, 1.82) is 0 Å². The van der Waals surface area contributed by atoms with Crippen molar-refractivity contribution in [2.24, 2.45) is 0 Å². The summed E-state index contributed by atoms with van der Waals surface area (Å²) in [5, 5.41) is 0. The lowest BCUT2D eigenvalue weighted by Crippen LogP contribution is -2.08. The minimum Gasteiger partial charge on any atom is -0.493 e. The molecule has 2 N–H and O–H groups in total. The molecule has 0 bridgehead atoms. The summed E-state index contributed by atoms with van der Waals surface area (Å²) >= 11 is 0. The molecule has 0 spiro atoms. The first-order chi connectivity index (χ1) is 9.41. The molecular weight excluding hydrogens is 273 g/mol. The maximum Gasteiger partial charge on any atom is 0.433 e. The number of nitrogens with zero attached hydrogens (tertiary/aromatic N) is 1. The Morgan fingerprint density at radius 1 is 1.10 bits per heavy atom. The second-order valence-corrected chi connectivity index (χ2v) is 3.86. The van der Waals surface area contributed by atoms with Gasteiger partial charge in [0.15, 0.2) is 17.2 Å². The van der Waals surface area contributed by atoms with Gasteiger partial charge < -0.3 is 15.2 Å². The van der Waals surface area contributed by atoms with Gasteiger partial charge in [-0.25, -0.2) is 4.98 Å². The van der Waals surface area contributed by atoms with E-state index in [1.807, 2.05) is 0 Å². The van der Waals surface area contributed by atoms with Crippen molar-refractivity contribution in [3.63, 3.8) is 0 Å². The van der Waals surface area contributed by atoms with E-state index in [0.29, 0.717) is 5.75 Å². The molecule has 0 fully saturated rings. The van der Waals surface area contributed by atoms with Crippen LogP contribution in [0.5, 0.6) is 17.2 Å². The monoisotopic (exact) mass is 284 g/mol. The Hall–Kier alpha value is -2.44. The van der Waals surface area contributed by atoms with Crippen molar-refractivity contribution in [2.75, 3.05) is 12.8 Å². The summed E-state index contributed by atoms with van der Waals surface area (Å²) in [4.78, 5) is 3.23. The van der Waals surface area contributed by atoms with Crippen molar-refractivity contribution in [3.05, 3.63) is 42.2 Å². The number of nitrogens with two attached hydrogens (primary N) is 1. The SMILES string of the molecule is COc1ccccc1Oc1cc(C(F)(F)F)ncc1N. The van der Waals surface area contributed by atoms with Crippen molar-refractivity contribution >= 4 is 5.69 Å². The Balaban J connectivity index is 2.38. The van der Waals surface area contributed by atoms with Crippen LogP contribution >= 0.6 is 0 Å². The van der Waals surface area contributed by atoms with Crippen LogP contribution in [0.2, 0.25) is 0 Å². The molecule has 106 valence electrons. The molecule has 0 aliphatic heterocycles. The Bertz CT molecular complexity index is 615. The third-order valence-corrected chi connectivity index (χ3v) is 2.47. The molecule has 0 saturated heterocycles. The predicted octanol–water partition coefficient (Wildman–Crippen LogP) is 3.48. The molecule has 1 aromatic carbocycles. The highest BCUT2D eigenvalue weighted by Gasteiger charge is 2.33. The standard InChI is InChI=1S/C13H11F3N2O2/c1-19-9-4-2-3-5-10(9)20-11-6-12(13(14,15)16)18-7-8(11)17/h2-7H,17H2,1H3. The number of methoxy groups -OCH3 is 1. The van der Waals surface area contributed by atoms with E-state index >= 15 is 0 Å². The number of hydrogen-bond acceptors (Lipinski definition) is 4. The summed E-state index contributed by atoms with van der Waals surface area (Å²) in [6, 6.07) is 7.31. The first-order valence-corrected chi connectivity index (χ1v) is 5.55. The van der Waals surface area contributed by atoms with E-state index in [4.69, 9.17) is 15.2 Å². The molecule has 1 aromatic heterocycles. The summed E-state index contributed by atoms with van der Waals surface area (Å²) in [6.45, 7) is 0. The molecule has 0 saturated carbocycles. The van der Waals surface area contributed by atoms with E-state index in [9.17, 15) is 13.2 Å². The fraction of sp³-hybridized carbons (Fsp3) is 0.154. The lowest BCUT2D eigenvalue weighted by atomic mass is 10.3. The van der Waals surface area contributed by atoms with Crippen molar-refractivity contribution in [2.45, 2.75) is 6.18 Å². The Morgan fingerprint density at radius 3 is 2.35 bits per heavy atom. The summed E-state index contributed by atoms with van der Waals surface area (Å²) in [7, 11) is 1.43. The number of pyridine rings is 1. The largest absolute Gasteiger partial charge is 0.493 e. The van der Waals surface area contributed by atoms with E-state index in [1.54, 1.807) is 24.3 Å². The van der Waals surface area contributed by atoms with E-state index in [2.05, 4.69) is 4.98 Å². The Kier molecular flexibility index (Phi) is 3.69. The minimum absolute atomic E-state index is 0.00362. The zero-order valence-electron chi connectivity index (χ0n) is 10.4. The minimum atomic E-state index is -4.56. The summed E-state index contributed by atoms with van der Waals surface area (Å²) in [5.74, 6) is 0.523. The molecule has 2 rings (SSSR count). The third-order valence-electron chi connectivity index (χ3n) is 2.47. The van der Waals surface area contributed by atoms with Gasteiger partial charge in [-0.2, -0.15) is 13.2 Å². The molecule has 0 aliphatic rings. The molecule has 1 heterocycles. The lowest BCUT2D eigenvalue weighted by molar-refractivity contribution is -0.141. The van der Waals surface area contributed by atoms with Crippen LogP contribution in [-0.2, 0) is 6.18 Å². The quantitative estimate of drug-likeness (QED) is 0.937. The van der Waals surface area contributed by atoms with Crippen molar-refractivity contribution < 1.29 is 22.6 Å². The van der Waals surface area contributed by atoms with Gasteiger partial charge in [0, 0.05) is 6.07 Å². The van der Waals surface area contributed by atoms with Crippen LogP contribution in [0, 0.1) is 0 Å². The first-order valence-electron chi connectivity index (χ1n) is 5.55. The summed E-state index contributed by atoms with van der Waals surface area (Å²) in [6.07, 6.45) is -3.65. The maximum atomic E-state index is 12.6. The summed E-state index contributed by atoms with van der Waals surface area (Å²) < 4.78 is 48.2. The second-order valence-electron chi connectivity index (χ2n) is 3.86. The average Bonchev–Trinajstić information content (AvgIpc) is 2.40. The number of anilines is 1. The highest BCUT2D eigenvalue weighted by Crippen LogP contribution is 2.36. The zero-order chi connectivity index (χ0) is 14.8.